The summed E-state index contributed by atoms with van der Waals surface area (Å²) in [5, 5.41) is 0. The van der Waals surface area contributed by atoms with Crippen molar-refractivity contribution < 1.29 is 17.7 Å². The Balaban J connectivity index is 1.09. The number of hydrogen-bond donors (Lipinski definition) is 0. The minimum absolute atomic E-state index is 0.100. The molecule has 0 spiro atoms. The number of aromatic nitrogens is 3. The third-order valence-corrected chi connectivity index (χ3v) is 11.5. The first-order chi connectivity index (χ1) is 31.1. The lowest BCUT2D eigenvalue weighted by Gasteiger charge is -2.32. The van der Waals surface area contributed by atoms with E-state index in [1.54, 1.807) is 0 Å². The van der Waals surface area contributed by atoms with E-state index in [1.807, 2.05) is 180 Å². The van der Waals surface area contributed by atoms with E-state index in [-0.39, 0.29) is 17.9 Å². The number of allylic oxidation sites excluding steroid dienone is 2. The molecule has 0 radical (unpaired) electrons. The number of fused-ring (bicyclic) bond motifs is 8. The van der Waals surface area contributed by atoms with Gasteiger partial charge in [-0.1, -0.05) is 128 Å². The minimum Gasteiger partial charge on any atom is -0.445 e. The van der Waals surface area contributed by atoms with Crippen LogP contribution >= 0.6 is 0 Å². The zero-order valence-electron chi connectivity index (χ0n) is 34.4. The third kappa shape index (κ3) is 7.52. The van der Waals surface area contributed by atoms with Crippen LogP contribution < -0.4 is 14.7 Å². The maximum Gasteiger partial charge on any atom is 0.209 e. The molecule has 1 aliphatic heterocycles. The molecule has 0 saturated carbocycles. The first-order valence-corrected chi connectivity index (χ1v) is 21.2. The lowest BCUT2D eigenvalue weighted by atomic mass is 9.96. The lowest BCUT2D eigenvalue weighted by molar-refractivity contribution is 0.443. The molecule has 6 heterocycles. The lowest BCUT2D eigenvalue weighted by Crippen LogP contribution is -2.34. The molecule has 0 amide bonds. The van der Waals surface area contributed by atoms with Crippen molar-refractivity contribution in [2.24, 2.45) is 5.92 Å². The average molecular weight is 827 g/mol. The number of anilines is 8. The highest BCUT2D eigenvalue weighted by molar-refractivity contribution is 5.74. The van der Waals surface area contributed by atoms with Gasteiger partial charge in [0.2, 0.25) is 35.3 Å². The van der Waals surface area contributed by atoms with Gasteiger partial charge in [-0.25, -0.2) is 15.0 Å². The summed E-state index contributed by atoms with van der Waals surface area (Å²) in [5.74, 6) is 6.76. The molecule has 5 aromatic heterocycles. The minimum atomic E-state index is -0.288. The van der Waals surface area contributed by atoms with Crippen molar-refractivity contribution in [1.29, 1.82) is 0 Å². The molecule has 10 heteroatoms. The standard InChI is InChI=1S/C53H42N6O4/c1-36-16-14-15-25-44(36)59-49-32-30-47(62-49)57(40-21-10-4-11-22-40)45-28-26-42(60-45)34-39(53-55-51(37-17-6-2-7-18-37)54-52(56-53)38-19-8-3-9-20-38)35-43-27-29-46(61-43)58(41-23-12-5-13-24-41)48-31-33-50(59)63-48/h2-33,36,39,44H,34-35H2,1H3. The van der Waals surface area contributed by atoms with Crippen LogP contribution in [0.5, 0.6) is 0 Å². The number of hydrogen-bond acceptors (Lipinski definition) is 10. The first-order valence-electron chi connectivity index (χ1n) is 21.2. The van der Waals surface area contributed by atoms with E-state index in [1.165, 1.54) is 0 Å². The van der Waals surface area contributed by atoms with Crippen molar-refractivity contribution >= 4 is 46.7 Å². The van der Waals surface area contributed by atoms with Crippen LogP contribution in [-0.4, -0.2) is 21.0 Å². The largest absolute Gasteiger partial charge is 0.445 e. The highest BCUT2D eigenvalue weighted by Crippen LogP contribution is 2.45. The van der Waals surface area contributed by atoms with Gasteiger partial charge in [0.05, 0.1) is 17.4 Å². The van der Waals surface area contributed by atoms with Crippen LogP contribution in [-0.2, 0) is 12.8 Å². The molecule has 11 rings (SSSR count). The summed E-state index contributed by atoms with van der Waals surface area (Å²) in [7, 11) is 0. The zero-order chi connectivity index (χ0) is 42.1. The summed E-state index contributed by atoms with van der Waals surface area (Å²) in [6.45, 7) is 2.19. The highest BCUT2D eigenvalue weighted by Gasteiger charge is 2.32. The fraction of sp³-hybridized carbons (Fsp3) is 0.113. The molecule has 1 aliphatic carbocycles. The van der Waals surface area contributed by atoms with E-state index >= 15 is 0 Å². The van der Waals surface area contributed by atoms with Crippen molar-refractivity contribution in [3.63, 3.8) is 0 Å². The molecular weight excluding hydrogens is 785 g/mol. The summed E-state index contributed by atoms with van der Waals surface area (Å²) < 4.78 is 27.5. The van der Waals surface area contributed by atoms with Crippen molar-refractivity contribution in [2.45, 2.75) is 31.7 Å². The summed E-state index contributed by atoms with van der Waals surface area (Å²) in [5.41, 5.74) is 3.56. The molecule has 10 nitrogen and oxygen atoms in total. The van der Waals surface area contributed by atoms with E-state index in [2.05, 4.69) is 36.1 Å². The Kier molecular flexibility index (Phi) is 9.85. The molecule has 308 valence electrons. The van der Waals surface area contributed by atoms with E-state index in [9.17, 15) is 0 Å². The molecule has 9 aromatic rings. The summed E-state index contributed by atoms with van der Waals surface area (Å²) in [4.78, 5) is 21.4. The second-order valence-electron chi connectivity index (χ2n) is 15.7. The second kappa shape index (κ2) is 16.4. The van der Waals surface area contributed by atoms with Crippen molar-refractivity contribution in [2.75, 3.05) is 14.7 Å². The van der Waals surface area contributed by atoms with Gasteiger partial charge in [-0.05, 0) is 42.3 Å². The quantitative estimate of drug-likeness (QED) is 0.161. The first kappa shape index (κ1) is 37.9. The summed E-state index contributed by atoms with van der Waals surface area (Å²) >= 11 is 0. The van der Waals surface area contributed by atoms with E-state index in [4.69, 9.17) is 32.6 Å². The van der Waals surface area contributed by atoms with Gasteiger partial charge in [0.15, 0.2) is 11.6 Å². The normalized spacial score (nSPS) is 16.6. The number of nitrogens with zero attached hydrogens (tertiary/aromatic N) is 6. The third-order valence-electron chi connectivity index (χ3n) is 11.5. The molecule has 0 saturated heterocycles. The van der Waals surface area contributed by atoms with Gasteiger partial charge >= 0.3 is 0 Å². The molecule has 63 heavy (non-hydrogen) atoms. The van der Waals surface area contributed by atoms with Crippen LogP contribution in [0.3, 0.4) is 0 Å². The summed E-state index contributed by atoms with van der Waals surface area (Å²) in [6, 6.07) is 56.1. The van der Waals surface area contributed by atoms with Crippen LogP contribution in [0, 0.1) is 5.92 Å². The number of furan rings is 4. The Hall–Kier alpha value is -8.11. The SMILES string of the molecule is CC1C=CC=CC1N1c2ccc(o2)N(c2ccccc2)c2ccc(o2)CC(c2nc(-c3ccccc3)nc(-c3ccccc3)n2)Cc2ccc(o2)N(c2ccccc2)c2ccc1o2. The van der Waals surface area contributed by atoms with Crippen LogP contribution in [0.4, 0.5) is 46.7 Å². The Morgan fingerprint density at radius 1 is 0.429 bits per heavy atom. The van der Waals surface area contributed by atoms with Gasteiger partial charge in [0.1, 0.15) is 17.3 Å². The molecule has 2 aliphatic rings. The molecular formula is C53H42N6O4. The van der Waals surface area contributed by atoms with Gasteiger partial charge in [0, 0.05) is 66.3 Å². The van der Waals surface area contributed by atoms with Crippen LogP contribution in [0.15, 0.2) is 212 Å². The number of rotatable bonds is 6. The second-order valence-corrected chi connectivity index (χ2v) is 15.7. The fourth-order valence-electron chi connectivity index (χ4n) is 8.39. The van der Waals surface area contributed by atoms with Gasteiger partial charge < -0.3 is 17.7 Å². The smallest absolute Gasteiger partial charge is 0.209 e. The van der Waals surface area contributed by atoms with Crippen LogP contribution in [0.2, 0.25) is 0 Å². The molecule has 4 aromatic carbocycles. The number of para-hydroxylation sites is 2. The monoisotopic (exact) mass is 826 g/mol. The van der Waals surface area contributed by atoms with Gasteiger partial charge in [-0.3, -0.25) is 14.7 Å². The topological polar surface area (TPSA) is 101 Å². The predicted octanol–water partition coefficient (Wildman–Crippen LogP) is 13.7. The molecule has 0 N–H and O–H groups in total. The van der Waals surface area contributed by atoms with Crippen LogP contribution in [0.25, 0.3) is 22.8 Å². The van der Waals surface area contributed by atoms with Gasteiger partial charge in [-0.15, -0.1) is 0 Å². The van der Waals surface area contributed by atoms with Crippen molar-refractivity contribution in [1.82, 2.24) is 15.0 Å². The van der Waals surface area contributed by atoms with Crippen molar-refractivity contribution in [3.8, 4) is 22.8 Å². The molecule has 2 atom stereocenters. The molecule has 8 bridgehead atoms. The van der Waals surface area contributed by atoms with E-state index in [0.29, 0.717) is 65.6 Å². The van der Waals surface area contributed by atoms with E-state index < -0.39 is 0 Å². The molecule has 2 unspecified atom stereocenters. The zero-order valence-corrected chi connectivity index (χ0v) is 34.4. The predicted molar refractivity (Wildman–Crippen MR) is 246 cm³/mol. The fourth-order valence-corrected chi connectivity index (χ4v) is 8.39. The Labute approximate surface area is 364 Å². The number of benzene rings is 4. The maximum atomic E-state index is 6.89. The van der Waals surface area contributed by atoms with Crippen LogP contribution in [0.1, 0.15) is 30.2 Å². The van der Waals surface area contributed by atoms with Crippen molar-refractivity contribution in [3.05, 3.63) is 212 Å². The van der Waals surface area contributed by atoms with Gasteiger partial charge in [-0.2, -0.15) is 0 Å². The Morgan fingerprint density at radius 3 is 1.32 bits per heavy atom. The average Bonchev–Trinajstić information content (AvgIpc) is 4.19. The Morgan fingerprint density at radius 2 is 0.841 bits per heavy atom. The molecule has 0 fully saturated rings. The van der Waals surface area contributed by atoms with Gasteiger partial charge in [0.25, 0.3) is 0 Å². The highest BCUT2D eigenvalue weighted by atomic mass is 16.4. The Bertz CT molecular complexity index is 2840. The van der Waals surface area contributed by atoms with E-state index in [0.717, 1.165) is 34.0 Å². The summed E-state index contributed by atoms with van der Waals surface area (Å²) in [6.07, 6.45) is 9.45. The maximum absolute atomic E-state index is 6.89.